The smallest absolute Gasteiger partial charge is 0.146 e. The van der Waals surface area contributed by atoms with Crippen LogP contribution in [0.15, 0.2) is 18.5 Å². The van der Waals surface area contributed by atoms with Crippen molar-refractivity contribution in [2.75, 3.05) is 7.11 Å². The fourth-order valence-corrected chi connectivity index (χ4v) is 1.94. The molecule has 0 aromatic carbocycles. The molecule has 2 aromatic rings. The van der Waals surface area contributed by atoms with Gasteiger partial charge in [0.25, 0.3) is 0 Å². The van der Waals surface area contributed by atoms with Crippen molar-refractivity contribution in [2.24, 2.45) is 0 Å². The molecule has 0 radical (unpaired) electrons. The van der Waals surface area contributed by atoms with Crippen molar-refractivity contribution in [3.8, 4) is 5.75 Å². The lowest BCUT2D eigenvalue weighted by Gasteiger charge is -2.06. The van der Waals surface area contributed by atoms with Crippen molar-refractivity contribution in [1.29, 1.82) is 0 Å². The van der Waals surface area contributed by atoms with Crippen LogP contribution in [-0.4, -0.2) is 16.7 Å². The van der Waals surface area contributed by atoms with Crippen molar-refractivity contribution >= 4 is 11.0 Å². The molecule has 80 valence electrons. The van der Waals surface area contributed by atoms with Gasteiger partial charge in [-0.15, -0.1) is 0 Å². The zero-order chi connectivity index (χ0) is 10.8. The summed E-state index contributed by atoms with van der Waals surface area (Å²) in [5.74, 6) is 0.904. The molecule has 0 fully saturated rings. The number of nitrogens with zero attached hydrogens (tertiary/aromatic N) is 2. The van der Waals surface area contributed by atoms with Crippen LogP contribution in [0, 0.1) is 6.92 Å². The minimum absolute atomic E-state index is 0.904. The van der Waals surface area contributed by atoms with Crippen LogP contribution in [0.2, 0.25) is 0 Å². The second-order valence-electron chi connectivity index (χ2n) is 3.72. The van der Waals surface area contributed by atoms with Gasteiger partial charge < -0.3 is 9.30 Å². The molecule has 0 aliphatic carbocycles. The van der Waals surface area contributed by atoms with Crippen LogP contribution in [0.5, 0.6) is 5.75 Å². The third-order valence-corrected chi connectivity index (χ3v) is 2.58. The summed E-state index contributed by atoms with van der Waals surface area (Å²) in [6, 6.07) is 1.91. The summed E-state index contributed by atoms with van der Waals surface area (Å²) in [6.07, 6.45) is 5.05. The molecule has 3 nitrogen and oxygen atoms in total. The summed E-state index contributed by atoms with van der Waals surface area (Å²) in [7, 11) is 1.70. The molecule has 15 heavy (non-hydrogen) atoms. The number of pyridine rings is 1. The molecule has 2 heterocycles. The van der Waals surface area contributed by atoms with Gasteiger partial charge >= 0.3 is 0 Å². The van der Waals surface area contributed by atoms with E-state index in [2.05, 4.69) is 29.6 Å². The van der Waals surface area contributed by atoms with Gasteiger partial charge in [0.15, 0.2) is 0 Å². The van der Waals surface area contributed by atoms with Crippen molar-refractivity contribution in [3.63, 3.8) is 0 Å². The molecule has 0 spiro atoms. The van der Waals surface area contributed by atoms with Crippen molar-refractivity contribution in [1.82, 2.24) is 9.55 Å². The highest BCUT2D eigenvalue weighted by Crippen LogP contribution is 2.27. The molecule has 0 saturated carbocycles. The number of methoxy groups -OCH3 is 1. The molecule has 0 amide bonds. The maximum absolute atomic E-state index is 5.37. The van der Waals surface area contributed by atoms with Gasteiger partial charge in [-0.1, -0.05) is 6.92 Å². The summed E-state index contributed by atoms with van der Waals surface area (Å²) in [5.41, 5.74) is 3.36. The highest BCUT2D eigenvalue weighted by molar-refractivity contribution is 5.85. The highest BCUT2D eigenvalue weighted by Gasteiger charge is 2.10. The molecule has 2 aromatic heterocycles. The van der Waals surface area contributed by atoms with Gasteiger partial charge in [0.1, 0.15) is 11.3 Å². The number of aromatic nitrogens is 2. The number of rotatable bonds is 3. The fourth-order valence-electron chi connectivity index (χ4n) is 1.94. The Morgan fingerprint density at radius 2 is 2.27 bits per heavy atom. The Kier molecular flexibility index (Phi) is 2.62. The second-order valence-corrected chi connectivity index (χ2v) is 3.72. The first-order valence-electron chi connectivity index (χ1n) is 5.26. The fraction of sp³-hybridized carbons (Fsp3) is 0.417. The zero-order valence-electron chi connectivity index (χ0n) is 9.45. The Balaban J connectivity index is 2.70. The molecular weight excluding hydrogens is 188 g/mol. The molecule has 0 saturated heterocycles. The van der Waals surface area contributed by atoms with E-state index >= 15 is 0 Å². The number of ether oxygens (including phenoxy) is 1. The van der Waals surface area contributed by atoms with Crippen LogP contribution < -0.4 is 4.74 Å². The van der Waals surface area contributed by atoms with E-state index in [-0.39, 0.29) is 0 Å². The molecule has 0 aliphatic heterocycles. The topological polar surface area (TPSA) is 27.1 Å². The van der Waals surface area contributed by atoms with E-state index in [9.17, 15) is 0 Å². The Hall–Kier alpha value is -1.51. The van der Waals surface area contributed by atoms with Crippen molar-refractivity contribution < 1.29 is 4.74 Å². The summed E-state index contributed by atoms with van der Waals surface area (Å²) in [6.45, 7) is 5.26. The number of hydrogen-bond acceptors (Lipinski definition) is 2. The quantitative estimate of drug-likeness (QED) is 0.768. The van der Waals surface area contributed by atoms with Gasteiger partial charge in [-0.25, -0.2) is 0 Å². The predicted molar refractivity (Wildman–Crippen MR) is 61.3 cm³/mol. The Labute approximate surface area is 89.7 Å². The molecule has 0 atom stereocenters. The van der Waals surface area contributed by atoms with E-state index in [1.165, 1.54) is 5.56 Å². The van der Waals surface area contributed by atoms with Crippen LogP contribution in [0.3, 0.4) is 0 Å². The van der Waals surface area contributed by atoms with Crippen LogP contribution in [-0.2, 0) is 6.54 Å². The average Bonchev–Trinajstić information content (AvgIpc) is 2.57. The van der Waals surface area contributed by atoms with Crippen LogP contribution >= 0.6 is 0 Å². The first-order chi connectivity index (χ1) is 7.27. The van der Waals surface area contributed by atoms with E-state index in [0.29, 0.717) is 0 Å². The van der Waals surface area contributed by atoms with E-state index in [0.717, 1.165) is 29.7 Å². The molecule has 3 heteroatoms. The van der Waals surface area contributed by atoms with Gasteiger partial charge in [-0.2, -0.15) is 0 Å². The maximum atomic E-state index is 5.37. The zero-order valence-corrected chi connectivity index (χ0v) is 9.45. The molecule has 0 aliphatic rings. The second kappa shape index (κ2) is 3.93. The first kappa shape index (κ1) is 10.0. The monoisotopic (exact) mass is 204 g/mol. The van der Waals surface area contributed by atoms with Crippen molar-refractivity contribution in [2.45, 2.75) is 26.8 Å². The number of aryl methyl sites for hydroxylation is 2. The molecule has 0 bridgehead atoms. The molecule has 0 N–H and O–H groups in total. The summed E-state index contributed by atoms with van der Waals surface area (Å²) in [4.78, 5) is 4.39. The molecule has 0 unspecified atom stereocenters. The van der Waals surface area contributed by atoms with Gasteiger partial charge in [-0.3, -0.25) is 4.98 Å². The highest BCUT2D eigenvalue weighted by atomic mass is 16.5. The third kappa shape index (κ3) is 1.58. The van der Waals surface area contributed by atoms with E-state index < -0.39 is 0 Å². The standard InChI is InChI=1S/C12H16N2O/c1-4-7-14-8-9(2)11-12(14)10(15-3)5-6-13-11/h5-6,8H,4,7H2,1-3H3. The van der Waals surface area contributed by atoms with Crippen molar-refractivity contribution in [3.05, 3.63) is 24.0 Å². The third-order valence-electron chi connectivity index (χ3n) is 2.58. The SMILES string of the molecule is CCCn1cc(C)c2nccc(OC)c21. The minimum atomic E-state index is 0.904. The predicted octanol–water partition coefficient (Wildman–Crippen LogP) is 2.76. The average molecular weight is 204 g/mol. The van der Waals surface area contributed by atoms with E-state index in [4.69, 9.17) is 4.74 Å². The number of hydrogen-bond donors (Lipinski definition) is 0. The van der Waals surface area contributed by atoms with Crippen LogP contribution in [0.25, 0.3) is 11.0 Å². The summed E-state index contributed by atoms with van der Waals surface area (Å²) >= 11 is 0. The Morgan fingerprint density at radius 1 is 1.47 bits per heavy atom. The lowest BCUT2D eigenvalue weighted by molar-refractivity contribution is 0.416. The van der Waals surface area contributed by atoms with Crippen LogP contribution in [0.1, 0.15) is 18.9 Å². The molecular formula is C12H16N2O. The van der Waals surface area contributed by atoms with E-state index in [1.54, 1.807) is 13.3 Å². The summed E-state index contributed by atoms with van der Waals surface area (Å²) < 4.78 is 7.59. The first-order valence-corrected chi connectivity index (χ1v) is 5.26. The van der Waals surface area contributed by atoms with Crippen LogP contribution in [0.4, 0.5) is 0 Å². The van der Waals surface area contributed by atoms with E-state index in [1.807, 2.05) is 6.07 Å². The minimum Gasteiger partial charge on any atom is -0.494 e. The lowest BCUT2D eigenvalue weighted by atomic mass is 10.3. The van der Waals surface area contributed by atoms with Gasteiger partial charge in [0.2, 0.25) is 0 Å². The van der Waals surface area contributed by atoms with Gasteiger partial charge in [0, 0.05) is 25.0 Å². The lowest BCUT2D eigenvalue weighted by Crippen LogP contribution is -1.96. The number of fused-ring (bicyclic) bond motifs is 1. The maximum Gasteiger partial charge on any atom is 0.146 e. The Bertz CT molecular complexity index is 474. The largest absolute Gasteiger partial charge is 0.494 e. The normalized spacial score (nSPS) is 10.9. The Morgan fingerprint density at radius 3 is 2.93 bits per heavy atom. The van der Waals surface area contributed by atoms with Gasteiger partial charge in [-0.05, 0) is 18.9 Å². The molecule has 2 rings (SSSR count). The van der Waals surface area contributed by atoms with Gasteiger partial charge in [0.05, 0.1) is 12.6 Å². The summed E-state index contributed by atoms with van der Waals surface area (Å²) in [5, 5.41) is 0.